The van der Waals surface area contributed by atoms with Crippen LogP contribution in [0.15, 0.2) is 46.9 Å². The first kappa shape index (κ1) is 13.5. The highest BCUT2D eigenvalue weighted by Crippen LogP contribution is 2.17. The lowest BCUT2D eigenvalue weighted by Crippen LogP contribution is -2.13. The highest BCUT2D eigenvalue weighted by Gasteiger charge is 2.05. The van der Waals surface area contributed by atoms with E-state index in [0.717, 1.165) is 10.0 Å². The van der Waals surface area contributed by atoms with E-state index < -0.39 is 0 Å². The van der Waals surface area contributed by atoms with E-state index in [1.165, 1.54) is 0 Å². The smallest absolute Gasteiger partial charge is 0.146 e. The average Bonchev–Trinajstić information content (AvgIpc) is 2.37. The van der Waals surface area contributed by atoms with Gasteiger partial charge in [-0.3, -0.25) is 0 Å². The molecule has 2 aromatic rings. The van der Waals surface area contributed by atoms with Crippen molar-refractivity contribution in [2.45, 2.75) is 13.1 Å². The van der Waals surface area contributed by atoms with E-state index in [0.29, 0.717) is 18.7 Å². The fourth-order valence-corrected chi connectivity index (χ4v) is 2.09. The Balaban J connectivity index is 1.92. The van der Waals surface area contributed by atoms with E-state index in [9.17, 15) is 4.39 Å². The van der Waals surface area contributed by atoms with Crippen LogP contribution in [0.4, 0.5) is 4.39 Å². The van der Waals surface area contributed by atoms with Gasteiger partial charge in [0.15, 0.2) is 0 Å². The second-order valence-corrected chi connectivity index (χ2v) is 5.27. The molecule has 0 radical (unpaired) electrons. The van der Waals surface area contributed by atoms with Gasteiger partial charge in [-0.05, 0) is 23.8 Å². The van der Waals surface area contributed by atoms with Gasteiger partial charge in [-0.15, -0.1) is 0 Å². The molecule has 1 nitrogen and oxygen atoms in total. The molecular formula is C14H12BrClFN. The predicted molar refractivity (Wildman–Crippen MR) is 76.1 cm³/mol. The molecule has 0 saturated heterocycles. The van der Waals surface area contributed by atoms with Gasteiger partial charge in [0.05, 0.1) is 5.02 Å². The maximum absolute atomic E-state index is 13.6. The molecule has 0 unspecified atom stereocenters. The van der Waals surface area contributed by atoms with Gasteiger partial charge in [0.2, 0.25) is 0 Å². The van der Waals surface area contributed by atoms with Gasteiger partial charge in [0.25, 0.3) is 0 Å². The molecule has 0 aromatic heterocycles. The standard InChI is InChI=1S/C14H12BrClFN/c15-12-6-4-10(5-7-12)8-18-9-11-2-1-3-13(16)14(11)17/h1-7,18H,8-9H2. The minimum absolute atomic E-state index is 0.165. The van der Waals surface area contributed by atoms with Crippen molar-refractivity contribution >= 4 is 27.5 Å². The first-order chi connectivity index (χ1) is 8.66. The number of hydrogen-bond donors (Lipinski definition) is 1. The zero-order valence-corrected chi connectivity index (χ0v) is 11.9. The molecule has 18 heavy (non-hydrogen) atoms. The molecule has 0 aliphatic carbocycles. The highest BCUT2D eigenvalue weighted by atomic mass is 79.9. The zero-order valence-electron chi connectivity index (χ0n) is 9.59. The summed E-state index contributed by atoms with van der Waals surface area (Å²) < 4.78 is 14.7. The van der Waals surface area contributed by atoms with Gasteiger partial charge in [-0.1, -0.05) is 51.8 Å². The topological polar surface area (TPSA) is 12.0 Å². The number of benzene rings is 2. The Labute approximate surface area is 119 Å². The third-order valence-electron chi connectivity index (χ3n) is 2.59. The van der Waals surface area contributed by atoms with Gasteiger partial charge in [0, 0.05) is 23.1 Å². The summed E-state index contributed by atoms with van der Waals surface area (Å²) in [6, 6.07) is 13.0. The molecule has 0 bridgehead atoms. The summed E-state index contributed by atoms with van der Waals surface area (Å²) in [5.41, 5.74) is 1.74. The molecule has 2 rings (SSSR count). The Hall–Kier alpha value is -0.900. The minimum atomic E-state index is -0.345. The summed E-state index contributed by atoms with van der Waals surface area (Å²) in [6.07, 6.45) is 0. The van der Waals surface area contributed by atoms with E-state index in [-0.39, 0.29) is 10.8 Å². The van der Waals surface area contributed by atoms with Crippen LogP contribution in [0.3, 0.4) is 0 Å². The lowest BCUT2D eigenvalue weighted by Gasteiger charge is -2.07. The van der Waals surface area contributed by atoms with Crippen LogP contribution in [0.5, 0.6) is 0 Å². The molecule has 1 N–H and O–H groups in total. The van der Waals surface area contributed by atoms with Crippen LogP contribution in [-0.4, -0.2) is 0 Å². The van der Waals surface area contributed by atoms with E-state index in [2.05, 4.69) is 21.2 Å². The minimum Gasteiger partial charge on any atom is -0.309 e. The number of halogens is 3. The first-order valence-electron chi connectivity index (χ1n) is 5.55. The molecule has 0 fully saturated rings. The molecule has 2 aromatic carbocycles. The molecule has 0 aliphatic heterocycles. The Kier molecular flexibility index (Phi) is 4.75. The summed E-state index contributed by atoms with van der Waals surface area (Å²) in [5, 5.41) is 3.36. The lowest BCUT2D eigenvalue weighted by atomic mass is 10.2. The van der Waals surface area contributed by atoms with Crippen molar-refractivity contribution in [1.29, 1.82) is 0 Å². The summed E-state index contributed by atoms with van der Waals surface area (Å²) in [4.78, 5) is 0. The Morgan fingerprint density at radius 3 is 2.50 bits per heavy atom. The molecule has 0 atom stereocenters. The van der Waals surface area contributed by atoms with Crippen molar-refractivity contribution in [2.24, 2.45) is 0 Å². The van der Waals surface area contributed by atoms with Gasteiger partial charge < -0.3 is 5.32 Å². The summed E-state index contributed by atoms with van der Waals surface area (Å²) in [5.74, 6) is -0.345. The summed E-state index contributed by atoms with van der Waals surface area (Å²) in [7, 11) is 0. The van der Waals surface area contributed by atoms with E-state index in [4.69, 9.17) is 11.6 Å². The third-order valence-corrected chi connectivity index (χ3v) is 3.41. The number of hydrogen-bond acceptors (Lipinski definition) is 1. The van der Waals surface area contributed by atoms with E-state index >= 15 is 0 Å². The van der Waals surface area contributed by atoms with Gasteiger partial charge in [-0.25, -0.2) is 4.39 Å². The highest BCUT2D eigenvalue weighted by molar-refractivity contribution is 9.10. The number of nitrogens with one attached hydrogen (secondary N) is 1. The predicted octanol–water partition coefficient (Wildman–Crippen LogP) is 4.53. The zero-order chi connectivity index (χ0) is 13.0. The second-order valence-electron chi connectivity index (χ2n) is 3.94. The second kappa shape index (κ2) is 6.32. The summed E-state index contributed by atoms with van der Waals surface area (Å²) >= 11 is 9.10. The fraction of sp³-hybridized carbons (Fsp3) is 0.143. The molecular weight excluding hydrogens is 317 g/mol. The average molecular weight is 329 g/mol. The lowest BCUT2D eigenvalue weighted by molar-refractivity contribution is 0.588. The van der Waals surface area contributed by atoms with Crippen LogP contribution in [0.2, 0.25) is 5.02 Å². The van der Waals surface area contributed by atoms with Crippen LogP contribution in [0, 0.1) is 5.82 Å². The molecule has 0 aliphatic rings. The fourth-order valence-electron chi connectivity index (χ4n) is 1.63. The van der Waals surface area contributed by atoms with Crippen molar-refractivity contribution in [1.82, 2.24) is 5.32 Å². The van der Waals surface area contributed by atoms with Gasteiger partial charge in [0.1, 0.15) is 5.82 Å². The van der Waals surface area contributed by atoms with Gasteiger partial charge >= 0.3 is 0 Å². The van der Waals surface area contributed by atoms with Crippen LogP contribution >= 0.6 is 27.5 Å². The maximum atomic E-state index is 13.6. The third kappa shape index (κ3) is 3.55. The molecule has 94 valence electrons. The first-order valence-corrected chi connectivity index (χ1v) is 6.72. The Bertz CT molecular complexity index is 528. The van der Waals surface area contributed by atoms with Gasteiger partial charge in [-0.2, -0.15) is 0 Å². The molecule has 4 heteroatoms. The van der Waals surface area contributed by atoms with Crippen molar-refractivity contribution < 1.29 is 4.39 Å². The van der Waals surface area contributed by atoms with Crippen molar-refractivity contribution in [2.75, 3.05) is 0 Å². The van der Waals surface area contributed by atoms with E-state index in [1.807, 2.05) is 24.3 Å². The monoisotopic (exact) mass is 327 g/mol. The Morgan fingerprint density at radius 1 is 1.06 bits per heavy atom. The molecule has 0 spiro atoms. The van der Waals surface area contributed by atoms with Crippen LogP contribution in [0.1, 0.15) is 11.1 Å². The largest absolute Gasteiger partial charge is 0.309 e. The van der Waals surface area contributed by atoms with Crippen molar-refractivity contribution in [3.05, 3.63) is 68.9 Å². The van der Waals surface area contributed by atoms with Crippen molar-refractivity contribution in [3.8, 4) is 0 Å². The Morgan fingerprint density at radius 2 is 1.78 bits per heavy atom. The maximum Gasteiger partial charge on any atom is 0.146 e. The molecule has 0 amide bonds. The number of rotatable bonds is 4. The molecule has 0 saturated carbocycles. The molecule has 0 heterocycles. The van der Waals surface area contributed by atoms with Crippen LogP contribution in [-0.2, 0) is 13.1 Å². The van der Waals surface area contributed by atoms with Crippen LogP contribution in [0.25, 0.3) is 0 Å². The van der Waals surface area contributed by atoms with Crippen molar-refractivity contribution in [3.63, 3.8) is 0 Å². The quantitative estimate of drug-likeness (QED) is 0.869. The normalized spacial score (nSPS) is 10.6. The van der Waals surface area contributed by atoms with E-state index in [1.54, 1.807) is 18.2 Å². The van der Waals surface area contributed by atoms with Crippen LogP contribution < -0.4 is 5.32 Å². The SMILES string of the molecule is Fc1c(Cl)cccc1CNCc1ccc(Br)cc1. The summed E-state index contributed by atoms with van der Waals surface area (Å²) in [6.45, 7) is 1.15.